The summed E-state index contributed by atoms with van der Waals surface area (Å²) in [5.74, 6) is 0.844. The number of nitrogen functional groups attached to an aromatic ring is 1. The summed E-state index contributed by atoms with van der Waals surface area (Å²) in [6.07, 6.45) is 5.87. The van der Waals surface area contributed by atoms with Crippen molar-refractivity contribution in [2.75, 3.05) is 12.3 Å². The summed E-state index contributed by atoms with van der Waals surface area (Å²) in [5, 5.41) is 0. The van der Waals surface area contributed by atoms with Gasteiger partial charge in [0.1, 0.15) is 11.9 Å². The Morgan fingerprint density at radius 3 is 2.94 bits per heavy atom. The van der Waals surface area contributed by atoms with E-state index in [0.29, 0.717) is 0 Å². The van der Waals surface area contributed by atoms with Crippen molar-refractivity contribution in [1.29, 1.82) is 0 Å². The van der Waals surface area contributed by atoms with Gasteiger partial charge in [0.05, 0.1) is 16.7 Å². The molecule has 2 fully saturated rings. The Bertz CT molecular complexity index is 445. The summed E-state index contributed by atoms with van der Waals surface area (Å²) in [6.45, 7) is 0.810. The lowest BCUT2D eigenvalue weighted by atomic mass is 9.74. The van der Waals surface area contributed by atoms with Crippen LogP contribution in [0.15, 0.2) is 22.7 Å². The lowest BCUT2D eigenvalue weighted by Gasteiger charge is -2.46. The molecule has 1 aromatic carbocycles. The van der Waals surface area contributed by atoms with E-state index in [4.69, 9.17) is 15.2 Å². The molecule has 4 heteroatoms. The molecular weight excluding hydrogens is 294 g/mol. The monoisotopic (exact) mass is 311 g/mol. The fourth-order valence-electron chi connectivity index (χ4n) is 2.79. The lowest BCUT2D eigenvalue weighted by molar-refractivity contribution is -0.153. The second-order valence-corrected chi connectivity index (χ2v) is 6.16. The second kappa shape index (κ2) is 4.74. The smallest absolute Gasteiger partial charge is 0.135 e. The largest absolute Gasteiger partial charge is 0.489 e. The third kappa shape index (κ3) is 2.36. The van der Waals surface area contributed by atoms with E-state index in [2.05, 4.69) is 15.9 Å². The van der Waals surface area contributed by atoms with Crippen LogP contribution in [0.5, 0.6) is 5.75 Å². The molecule has 0 bridgehead atoms. The quantitative estimate of drug-likeness (QED) is 0.850. The maximum atomic E-state index is 6.09. The number of hydrogen-bond donors (Lipinski definition) is 1. The number of hydrogen-bond acceptors (Lipinski definition) is 3. The molecule has 0 radical (unpaired) electrons. The number of ether oxygens (including phenoxy) is 2. The van der Waals surface area contributed by atoms with Gasteiger partial charge in [0, 0.05) is 24.6 Å². The molecule has 1 atom stereocenters. The summed E-state index contributed by atoms with van der Waals surface area (Å²) in [6, 6.07) is 5.68. The molecule has 1 heterocycles. The van der Waals surface area contributed by atoms with Crippen LogP contribution in [0, 0.1) is 0 Å². The van der Waals surface area contributed by atoms with Crippen molar-refractivity contribution in [3.8, 4) is 5.75 Å². The second-order valence-electron chi connectivity index (χ2n) is 5.31. The fraction of sp³-hybridized carbons (Fsp3) is 0.571. The third-order valence-corrected chi connectivity index (χ3v) is 4.62. The van der Waals surface area contributed by atoms with Gasteiger partial charge in [-0.15, -0.1) is 0 Å². The molecule has 1 spiro atoms. The van der Waals surface area contributed by atoms with Gasteiger partial charge >= 0.3 is 0 Å². The Balaban J connectivity index is 1.70. The van der Waals surface area contributed by atoms with Gasteiger partial charge in [0.2, 0.25) is 0 Å². The Morgan fingerprint density at radius 1 is 1.39 bits per heavy atom. The lowest BCUT2D eigenvalue weighted by Crippen LogP contribution is -2.48. The normalized spacial score (nSPS) is 25.7. The van der Waals surface area contributed by atoms with E-state index >= 15 is 0 Å². The first-order chi connectivity index (χ1) is 8.67. The van der Waals surface area contributed by atoms with Gasteiger partial charge in [-0.05, 0) is 47.3 Å². The summed E-state index contributed by atoms with van der Waals surface area (Å²) < 4.78 is 13.0. The van der Waals surface area contributed by atoms with E-state index in [1.165, 1.54) is 19.3 Å². The molecule has 18 heavy (non-hydrogen) atoms. The van der Waals surface area contributed by atoms with E-state index in [-0.39, 0.29) is 11.7 Å². The number of rotatable bonds is 2. The Kier molecular flexibility index (Phi) is 3.24. The van der Waals surface area contributed by atoms with Crippen molar-refractivity contribution in [1.82, 2.24) is 0 Å². The van der Waals surface area contributed by atoms with Gasteiger partial charge in [-0.25, -0.2) is 0 Å². The molecule has 98 valence electrons. The topological polar surface area (TPSA) is 44.5 Å². The fourth-order valence-corrected chi connectivity index (χ4v) is 3.13. The van der Waals surface area contributed by atoms with E-state index < -0.39 is 0 Å². The average molecular weight is 312 g/mol. The van der Waals surface area contributed by atoms with Gasteiger partial charge in [-0.1, -0.05) is 0 Å². The summed E-state index contributed by atoms with van der Waals surface area (Å²) in [7, 11) is 0. The first-order valence-electron chi connectivity index (χ1n) is 6.53. The van der Waals surface area contributed by atoms with Crippen molar-refractivity contribution in [3.63, 3.8) is 0 Å². The number of anilines is 1. The van der Waals surface area contributed by atoms with Crippen molar-refractivity contribution in [2.45, 2.75) is 43.8 Å². The van der Waals surface area contributed by atoms with Crippen molar-refractivity contribution >= 4 is 21.6 Å². The molecule has 1 aliphatic carbocycles. The van der Waals surface area contributed by atoms with E-state index in [1.54, 1.807) is 0 Å². The summed E-state index contributed by atoms with van der Waals surface area (Å²) >= 11 is 3.51. The average Bonchev–Trinajstić information content (AvgIpc) is 2.32. The Hall–Kier alpha value is -0.740. The van der Waals surface area contributed by atoms with Crippen LogP contribution in [0.2, 0.25) is 0 Å². The van der Waals surface area contributed by atoms with Crippen LogP contribution >= 0.6 is 15.9 Å². The number of halogens is 1. The van der Waals surface area contributed by atoms with Crippen LogP contribution in [-0.4, -0.2) is 18.3 Å². The first kappa shape index (κ1) is 12.3. The highest BCUT2D eigenvalue weighted by Gasteiger charge is 2.43. The molecule has 0 amide bonds. The van der Waals surface area contributed by atoms with E-state index in [0.717, 1.165) is 35.4 Å². The molecule has 1 aromatic rings. The molecule has 0 aromatic heterocycles. The van der Waals surface area contributed by atoms with Gasteiger partial charge in [0.15, 0.2) is 0 Å². The van der Waals surface area contributed by atoms with Gasteiger partial charge in [-0.2, -0.15) is 0 Å². The molecule has 2 N–H and O–H groups in total. The molecule has 1 saturated carbocycles. The molecular formula is C14H18BrNO2. The van der Waals surface area contributed by atoms with Crippen molar-refractivity contribution in [2.24, 2.45) is 0 Å². The summed E-state index contributed by atoms with van der Waals surface area (Å²) in [5.41, 5.74) is 6.65. The van der Waals surface area contributed by atoms with Gasteiger partial charge in [-0.3, -0.25) is 0 Å². The predicted molar refractivity (Wildman–Crippen MR) is 74.7 cm³/mol. The van der Waals surface area contributed by atoms with Gasteiger partial charge < -0.3 is 15.2 Å². The molecule has 2 aliphatic rings. The maximum Gasteiger partial charge on any atom is 0.135 e. The molecule has 1 aliphatic heterocycles. The Labute approximate surface area is 116 Å². The van der Waals surface area contributed by atoms with Crippen LogP contribution in [0.25, 0.3) is 0 Å². The standard InChI is InChI=1S/C14H18BrNO2/c15-12-3-2-10(16)8-13(12)18-11-4-7-17-14(9-11)5-1-6-14/h2-3,8,11H,1,4-7,9,16H2. The van der Waals surface area contributed by atoms with Gasteiger partial charge in [0.25, 0.3) is 0 Å². The predicted octanol–water partition coefficient (Wildman–Crippen LogP) is 3.51. The third-order valence-electron chi connectivity index (χ3n) is 3.96. The zero-order valence-corrected chi connectivity index (χ0v) is 11.9. The van der Waals surface area contributed by atoms with Crippen LogP contribution in [-0.2, 0) is 4.74 Å². The van der Waals surface area contributed by atoms with Crippen molar-refractivity contribution in [3.05, 3.63) is 22.7 Å². The maximum absolute atomic E-state index is 6.09. The van der Waals surface area contributed by atoms with E-state index in [9.17, 15) is 0 Å². The minimum Gasteiger partial charge on any atom is -0.489 e. The van der Waals surface area contributed by atoms with Crippen LogP contribution in [0.4, 0.5) is 5.69 Å². The highest BCUT2D eigenvalue weighted by atomic mass is 79.9. The molecule has 3 rings (SSSR count). The van der Waals surface area contributed by atoms with Crippen molar-refractivity contribution < 1.29 is 9.47 Å². The highest BCUT2D eigenvalue weighted by molar-refractivity contribution is 9.10. The zero-order valence-electron chi connectivity index (χ0n) is 10.3. The zero-order chi connectivity index (χ0) is 12.6. The Morgan fingerprint density at radius 2 is 2.22 bits per heavy atom. The van der Waals surface area contributed by atoms with Crippen LogP contribution < -0.4 is 10.5 Å². The minimum atomic E-state index is 0.121. The summed E-state index contributed by atoms with van der Waals surface area (Å²) in [4.78, 5) is 0. The number of nitrogens with two attached hydrogens (primary N) is 1. The molecule has 1 saturated heterocycles. The minimum absolute atomic E-state index is 0.121. The molecule has 3 nitrogen and oxygen atoms in total. The molecule has 1 unspecified atom stereocenters. The van der Waals surface area contributed by atoms with E-state index in [1.807, 2.05) is 18.2 Å². The SMILES string of the molecule is Nc1ccc(Br)c(OC2CCOC3(CCC3)C2)c1. The van der Waals surface area contributed by atoms with Crippen LogP contribution in [0.1, 0.15) is 32.1 Å². The van der Waals surface area contributed by atoms with Crippen LogP contribution in [0.3, 0.4) is 0 Å². The first-order valence-corrected chi connectivity index (χ1v) is 7.32. The highest BCUT2D eigenvalue weighted by Crippen LogP contribution is 2.43. The number of benzene rings is 1.